The summed E-state index contributed by atoms with van der Waals surface area (Å²) in [5.41, 5.74) is 3.98. The van der Waals surface area contributed by atoms with E-state index in [1.807, 2.05) is 65.8 Å². The quantitative estimate of drug-likeness (QED) is 0.483. The predicted molar refractivity (Wildman–Crippen MR) is 133 cm³/mol. The third-order valence-electron chi connectivity index (χ3n) is 5.40. The Labute approximate surface area is 201 Å². The van der Waals surface area contributed by atoms with Gasteiger partial charge in [-0.1, -0.05) is 23.8 Å². The summed E-state index contributed by atoms with van der Waals surface area (Å²) < 4.78 is 17.0. The Morgan fingerprint density at radius 3 is 2.26 bits per heavy atom. The maximum Gasteiger partial charge on any atom is 0.278 e. The van der Waals surface area contributed by atoms with Crippen LogP contribution < -0.4 is 14.8 Å². The maximum atomic E-state index is 13.4. The minimum Gasteiger partial charge on any atom is -0.490 e. The molecule has 0 fully saturated rings. The number of carbonyl (C=O) groups is 2. The summed E-state index contributed by atoms with van der Waals surface area (Å²) in [6, 6.07) is 11.2. The molecule has 0 aromatic heterocycles. The molecular formula is C27H34N2O5. The largest absolute Gasteiger partial charge is 0.490 e. The van der Waals surface area contributed by atoms with Gasteiger partial charge in [-0.2, -0.15) is 0 Å². The highest BCUT2D eigenvalue weighted by molar-refractivity contribution is 6.36. The van der Waals surface area contributed by atoms with Crippen LogP contribution >= 0.6 is 0 Å². The fourth-order valence-corrected chi connectivity index (χ4v) is 3.89. The van der Waals surface area contributed by atoms with E-state index >= 15 is 0 Å². The normalized spacial score (nSPS) is 13.8. The molecule has 0 radical (unpaired) electrons. The number of aryl methyl sites for hydroxylation is 2. The summed E-state index contributed by atoms with van der Waals surface area (Å²) in [5.74, 6) is 0.490. The van der Waals surface area contributed by atoms with E-state index in [1.54, 1.807) is 12.1 Å². The lowest BCUT2D eigenvalue weighted by atomic mass is 9.97. The van der Waals surface area contributed by atoms with Crippen LogP contribution in [0.2, 0.25) is 0 Å². The van der Waals surface area contributed by atoms with Gasteiger partial charge in [-0.3, -0.25) is 14.5 Å². The molecule has 2 amide bonds. The Kier molecular flexibility index (Phi) is 8.34. The van der Waals surface area contributed by atoms with Crippen molar-refractivity contribution in [2.45, 2.75) is 47.6 Å². The van der Waals surface area contributed by atoms with Crippen LogP contribution in [-0.4, -0.2) is 49.2 Å². The van der Waals surface area contributed by atoms with E-state index in [9.17, 15) is 9.59 Å². The Hall–Kier alpha value is -3.32. The first kappa shape index (κ1) is 25.3. The molecule has 1 aliphatic rings. The number of rotatable bonds is 11. The molecule has 3 rings (SSSR count). The number of nitrogens with zero attached hydrogens (tertiary/aromatic N) is 1. The van der Waals surface area contributed by atoms with Gasteiger partial charge in [0.2, 0.25) is 0 Å². The molecular weight excluding hydrogens is 432 g/mol. The lowest BCUT2D eigenvalue weighted by molar-refractivity contribution is -0.137. The predicted octanol–water partition coefficient (Wildman–Crippen LogP) is 4.72. The number of hydrogen-bond acceptors (Lipinski definition) is 6. The maximum absolute atomic E-state index is 13.4. The van der Waals surface area contributed by atoms with E-state index in [2.05, 4.69) is 5.32 Å². The van der Waals surface area contributed by atoms with Crippen LogP contribution in [0.4, 0.5) is 5.69 Å². The second-order valence-electron chi connectivity index (χ2n) is 8.40. The van der Waals surface area contributed by atoms with E-state index in [1.165, 1.54) is 4.90 Å². The topological polar surface area (TPSA) is 77.1 Å². The zero-order valence-electron chi connectivity index (χ0n) is 20.9. The molecule has 0 atom stereocenters. The summed E-state index contributed by atoms with van der Waals surface area (Å²) in [5, 5.41) is 3.20. The minimum absolute atomic E-state index is 0.0121. The highest BCUT2D eigenvalue weighted by Crippen LogP contribution is 2.35. The molecule has 7 nitrogen and oxygen atoms in total. The SMILES string of the molecule is CCOc1ccc(NC2=C(c3ccc(C)cc3C)C(=O)N(CCOC(C)C)C2=O)cc1OCC. The fraction of sp³-hybridized carbons (Fsp3) is 0.407. The summed E-state index contributed by atoms with van der Waals surface area (Å²) in [4.78, 5) is 28.1. The third kappa shape index (κ3) is 5.59. The van der Waals surface area contributed by atoms with Gasteiger partial charge in [0.25, 0.3) is 11.8 Å². The van der Waals surface area contributed by atoms with Crippen molar-refractivity contribution in [1.82, 2.24) is 4.90 Å². The van der Waals surface area contributed by atoms with Crippen LogP contribution in [0.1, 0.15) is 44.4 Å². The van der Waals surface area contributed by atoms with Gasteiger partial charge in [0.15, 0.2) is 11.5 Å². The third-order valence-corrected chi connectivity index (χ3v) is 5.40. The van der Waals surface area contributed by atoms with Gasteiger partial charge in [0.05, 0.1) is 38.0 Å². The van der Waals surface area contributed by atoms with Crippen molar-refractivity contribution >= 4 is 23.1 Å². The first-order chi connectivity index (χ1) is 16.3. The Morgan fingerprint density at radius 1 is 0.912 bits per heavy atom. The average molecular weight is 467 g/mol. The molecule has 0 bridgehead atoms. The molecule has 1 N–H and O–H groups in total. The number of nitrogens with one attached hydrogen (secondary N) is 1. The van der Waals surface area contributed by atoms with E-state index in [4.69, 9.17) is 14.2 Å². The summed E-state index contributed by atoms with van der Waals surface area (Å²) in [6.45, 7) is 13.0. The monoisotopic (exact) mass is 466 g/mol. The Morgan fingerprint density at radius 2 is 1.62 bits per heavy atom. The Bertz CT molecular complexity index is 1090. The van der Waals surface area contributed by atoms with Gasteiger partial charge in [0.1, 0.15) is 5.70 Å². The molecule has 0 saturated heterocycles. The van der Waals surface area contributed by atoms with Crippen LogP contribution in [0.3, 0.4) is 0 Å². The number of anilines is 1. The van der Waals surface area contributed by atoms with Gasteiger partial charge in [-0.25, -0.2) is 0 Å². The van der Waals surface area contributed by atoms with E-state index in [0.29, 0.717) is 36.0 Å². The molecule has 0 unspecified atom stereocenters. The molecule has 0 saturated carbocycles. The first-order valence-electron chi connectivity index (χ1n) is 11.7. The number of carbonyl (C=O) groups excluding carboxylic acids is 2. The average Bonchev–Trinajstić information content (AvgIpc) is 3.00. The van der Waals surface area contributed by atoms with E-state index in [-0.39, 0.29) is 36.8 Å². The van der Waals surface area contributed by atoms with Crippen molar-refractivity contribution in [1.29, 1.82) is 0 Å². The number of hydrogen-bond donors (Lipinski definition) is 1. The molecule has 7 heteroatoms. The number of amides is 2. The second kappa shape index (κ2) is 11.2. The highest BCUT2D eigenvalue weighted by Gasteiger charge is 2.39. The molecule has 0 aliphatic carbocycles. The molecule has 2 aromatic rings. The van der Waals surface area contributed by atoms with Crippen molar-refractivity contribution in [3.63, 3.8) is 0 Å². The van der Waals surface area contributed by atoms with Crippen LogP contribution in [0.5, 0.6) is 11.5 Å². The molecule has 2 aromatic carbocycles. The summed E-state index contributed by atoms with van der Waals surface area (Å²) in [7, 11) is 0. The van der Waals surface area contributed by atoms with E-state index < -0.39 is 0 Å². The number of ether oxygens (including phenoxy) is 3. The van der Waals surface area contributed by atoms with Crippen molar-refractivity contribution in [2.75, 3.05) is 31.7 Å². The van der Waals surface area contributed by atoms with Crippen LogP contribution in [0.15, 0.2) is 42.1 Å². The van der Waals surface area contributed by atoms with Crippen molar-refractivity contribution in [3.8, 4) is 11.5 Å². The van der Waals surface area contributed by atoms with Crippen LogP contribution in [0.25, 0.3) is 5.57 Å². The van der Waals surface area contributed by atoms with E-state index in [0.717, 1.165) is 16.7 Å². The number of benzene rings is 2. The van der Waals surface area contributed by atoms with Crippen LogP contribution in [0, 0.1) is 13.8 Å². The number of imide groups is 1. The zero-order chi connectivity index (χ0) is 24.8. The standard InChI is InChI=1S/C27H34N2O5/c1-7-32-22-12-10-20(16-23(22)33-8-2)28-25-24(21-11-9-18(5)15-19(21)6)26(30)29(27(25)31)13-14-34-17(3)4/h9-12,15-17,28H,7-8,13-14H2,1-6H3. The molecule has 1 heterocycles. The van der Waals surface area contributed by atoms with Crippen molar-refractivity contribution in [3.05, 3.63) is 58.8 Å². The fourth-order valence-electron chi connectivity index (χ4n) is 3.89. The first-order valence-corrected chi connectivity index (χ1v) is 11.7. The van der Waals surface area contributed by atoms with Crippen LogP contribution in [-0.2, 0) is 14.3 Å². The highest BCUT2D eigenvalue weighted by atomic mass is 16.5. The van der Waals surface area contributed by atoms with Gasteiger partial charge in [-0.15, -0.1) is 0 Å². The smallest absolute Gasteiger partial charge is 0.278 e. The van der Waals surface area contributed by atoms with Gasteiger partial charge in [-0.05, 0) is 64.8 Å². The lowest BCUT2D eigenvalue weighted by Crippen LogP contribution is -2.35. The van der Waals surface area contributed by atoms with Gasteiger partial charge >= 0.3 is 0 Å². The second-order valence-corrected chi connectivity index (χ2v) is 8.40. The Balaban J connectivity index is 2.02. The molecule has 34 heavy (non-hydrogen) atoms. The minimum atomic E-state index is -0.376. The molecule has 1 aliphatic heterocycles. The summed E-state index contributed by atoms with van der Waals surface area (Å²) in [6.07, 6.45) is 0.0121. The van der Waals surface area contributed by atoms with Crippen molar-refractivity contribution in [2.24, 2.45) is 0 Å². The van der Waals surface area contributed by atoms with Crippen molar-refractivity contribution < 1.29 is 23.8 Å². The van der Waals surface area contributed by atoms with Gasteiger partial charge < -0.3 is 19.5 Å². The lowest BCUT2D eigenvalue weighted by Gasteiger charge is -2.17. The van der Waals surface area contributed by atoms with Gasteiger partial charge in [0, 0.05) is 11.8 Å². The molecule has 182 valence electrons. The summed E-state index contributed by atoms with van der Waals surface area (Å²) >= 11 is 0. The zero-order valence-corrected chi connectivity index (χ0v) is 20.9. The molecule has 0 spiro atoms.